The molecule has 186 valence electrons. The number of sulfonamides is 1. The Morgan fingerprint density at radius 1 is 0.677 bits per heavy atom. The maximum absolute atomic E-state index is 12.1. The Balaban J connectivity index is 2.00. The predicted molar refractivity (Wildman–Crippen MR) is 121 cm³/mol. The highest BCUT2D eigenvalue weighted by Gasteiger charge is 2.43. The lowest BCUT2D eigenvalue weighted by atomic mass is 9.99. The molecule has 0 saturated carbocycles. The van der Waals surface area contributed by atoms with Crippen LogP contribution in [0.1, 0.15) is 96.8 Å². The number of rotatable bonds is 18. The zero-order valence-electron chi connectivity index (χ0n) is 19.1. The average Bonchev–Trinajstić information content (AvgIpc) is 2.74. The number of aliphatic hydroxyl groups is 4. The van der Waals surface area contributed by atoms with Gasteiger partial charge in [0.1, 0.15) is 24.4 Å². The van der Waals surface area contributed by atoms with E-state index in [1.165, 1.54) is 64.2 Å². The van der Waals surface area contributed by atoms with Crippen LogP contribution in [0.4, 0.5) is 0 Å². The molecule has 1 fully saturated rings. The highest BCUT2D eigenvalue weighted by molar-refractivity contribution is 7.89. The molecule has 5 atom stereocenters. The molecule has 1 aliphatic rings. The summed E-state index contributed by atoms with van der Waals surface area (Å²) < 4.78 is 31.5. The van der Waals surface area contributed by atoms with E-state index in [-0.39, 0.29) is 12.3 Å². The lowest BCUT2D eigenvalue weighted by Gasteiger charge is -2.38. The molecule has 0 spiro atoms. The molecule has 0 radical (unpaired) electrons. The topological polar surface area (TPSA) is 136 Å². The van der Waals surface area contributed by atoms with Gasteiger partial charge in [0.2, 0.25) is 10.0 Å². The molecule has 1 heterocycles. The third kappa shape index (κ3) is 12.5. The molecule has 0 aliphatic carbocycles. The van der Waals surface area contributed by atoms with Crippen molar-refractivity contribution in [2.45, 2.75) is 128 Å². The fraction of sp³-hybridized carbons (Fsp3) is 1.00. The monoisotopic (exact) mass is 467 g/mol. The van der Waals surface area contributed by atoms with E-state index in [1.54, 1.807) is 0 Å². The van der Waals surface area contributed by atoms with Gasteiger partial charge in [0.05, 0.1) is 5.75 Å². The highest BCUT2D eigenvalue weighted by atomic mass is 32.2. The summed E-state index contributed by atoms with van der Waals surface area (Å²) in [4.78, 5) is 0. The lowest BCUT2D eigenvalue weighted by molar-refractivity contribution is -0.279. The first kappa shape index (κ1) is 28.7. The van der Waals surface area contributed by atoms with Gasteiger partial charge in [0, 0.05) is 6.54 Å². The second kappa shape index (κ2) is 16.3. The van der Waals surface area contributed by atoms with E-state index >= 15 is 0 Å². The molecule has 9 heteroatoms. The molecule has 0 bridgehead atoms. The van der Waals surface area contributed by atoms with Crippen LogP contribution in [-0.4, -0.2) is 71.8 Å². The first-order chi connectivity index (χ1) is 14.8. The molecule has 1 unspecified atom stereocenters. The second-order valence-corrected chi connectivity index (χ2v) is 10.7. The maximum atomic E-state index is 12.1. The lowest BCUT2D eigenvalue weighted by Crippen LogP contribution is -2.60. The number of ether oxygens (including phenoxy) is 1. The van der Waals surface area contributed by atoms with Crippen molar-refractivity contribution < 1.29 is 33.6 Å². The van der Waals surface area contributed by atoms with Crippen molar-refractivity contribution in [2.24, 2.45) is 0 Å². The summed E-state index contributed by atoms with van der Waals surface area (Å²) in [6.07, 6.45) is 9.23. The van der Waals surface area contributed by atoms with Crippen molar-refractivity contribution in [1.82, 2.24) is 4.72 Å². The highest BCUT2D eigenvalue weighted by Crippen LogP contribution is 2.19. The van der Waals surface area contributed by atoms with Crippen molar-refractivity contribution >= 4 is 10.0 Å². The summed E-state index contributed by atoms with van der Waals surface area (Å²) in [5.41, 5.74) is 0. The SMILES string of the molecule is CCCCCCCCCCCCCCCCS(=O)(=O)NC[C@H]1OC(O)[C@H](O)[C@@H](O)[C@H]1O. The summed E-state index contributed by atoms with van der Waals surface area (Å²) >= 11 is 0. The smallest absolute Gasteiger partial charge is 0.211 e. The Morgan fingerprint density at radius 2 is 1.13 bits per heavy atom. The summed E-state index contributed by atoms with van der Waals surface area (Å²) in [5.74, 6) is -0.0123. The largest absolute Gasteiger partial charge is 0.388 e. The minimum absolute atomic E-state index is 0.0123. The Kier molecular flexibility index (Phi) is 15.2. The van der Waals surface area contributed by atoms with Crippen molar-refractivity contribution in [3.63, 3.8) is 0 Å². The molecule has 1 saturated heterocycles. The number of hydrogen-bond donors (Lipinski definition) is 5. The van der Waals surface area contributed by atoms with Gasteiger partial charge < -0.3 is 25.2 Å². The second-order valence-electron chi connectivity index (χ2n) is 8.80. The van der Waals surface area contributed by atoms with Crippen LogP contribution in [-0.2, 0) is 14.8 Å². The van der Waals surface area contributed by atoms with Gasteiger partial charge in [-0.25, -0.2) is 13.1 Å². The van der Waals surface area contributed by atoms with E-state index in [9.17, 15) is 28.8 Å². The van der Waals surface area contributed by atoms with Gasteiger partial charge in [-0.15, -0.1) is 0 Å². The minimum atomic E-state index is -3.54. The van der Waals surface area contributed by atoms with Crippen LogP contribution in [0, 0.1) is 0 Å². The van der Waals surface area contributed by atoms with E-state index in [0.29, 0.717) is 6.42 Å². The Labute approximate surface area is 188 Å². The standard InChI is InChI=1S/C22H45NO7S/c1-2-3-4-5-6-7-8-9-10-11-12-13-14-15-16-31(28,29)23-17-18-19(24)20(25)21(26)22(27)30-18/h18-27H,2-17H2,1H3/t18-,19+,20+,21-,22?/m1/s1. The molecule has 0 aromatic heterocycles. The first-order valence-corrected chi connectivity index (χ1v) is 13.8. The van der Waals surface area contributed by atoms with Crippen molar-refractivity contribution in [3.8, 4) is 0 Å². The quantitative estimate of drug-likeness (QED) is 0.195. The third-order valence-corrected chi connectivity index (χ3v) is 7.39. The third-order valence-electron chi connectivity index (χ3n) is 5.96. The molecule has 0 aromatic rings. The molecule has 1 aliphatic heterocycles. The van der Waals surface area contributed by atoms with Gasteiger partial charge >= 0.3 is 0 Å². The van der Waals surface area contributed by atoms with E-state index in [2.05, 4.69) is 11.6 Å². The summed E-state index contributed by atoms with van der Waals surface area (Å²) in [5, 5.41) is 38.4. The van der Waals surface area contributed by atoms with Crippen LogP contribution in [0.15, 0.2) is 0 Å². The zero-order chi connectivity index (χ0) is 23.1. The van der Waals surface area contributed by atoms with Gasteiger partial charge in [-0.05, 0) is 6.42 Å². The van der Waals surface area contributed by atoms with E-state index in [1.807, 2.05) is 0 Å². The molecule has 0 aromatic carbocycles. The molecule has 31 heavy (non-hydrogen) atoms. The fourth-order valence-electron chi connectivity index (χ4n) is 3.87. The predicted octanol–water partition coefficient (Wildman–Crippen LogP) is 2.19. The van der Waals surface area contributed by atoms with Crippen LogP contribution in [0.2, 0.25) is 0 Å². The Hall–Kier alpha value is -0.290. The molecular weight excluding hydrogens is 422 g/mol. The maximum Gasteiger partial charge on any atom is 0.211 e. The van der Waals surface area contributed by atoms with Crippen LogP contribution >= 0.6 is 0 Å². The number of hydrogen-bond acceptors (Lipinski definition) is 7. The van der Waals surface area contributed by atoms with Crippen LogP contribution < -0.4 is 4.72 Å². The molecule has 8 nitrogen and oxygen atoms in total. The first-order valence-electron chi connectivity index (χ1n) is 12.1. The molecule has 5 N–H and O–H groups in total. The summed E-state index contributed by atoms with van der Waals surface area (Å²) in [7, 11) is -3.54. The summed E-state index contributed by atoms with van der Waals surface area (Å²) in [6.45, 7) is 1.96. The van der Waals surface area contributed by atoms with Gasteiger partial charge in [0.25, 0.3) is 0 Å². The minimum Gasteiger partial charge on any atom is -0.388 e. The zero-order valence-corrected chi connectivity index (χ0v) is 19.9. The average molecular weight is 468 g/mol. The van der Waals surface area contributed by atoms with Crippen molar-refractivity contribution in [3.05, 3.63) is 0 Å². The molecular formula is C22H45NO7S. The Bertz CT molecular complexity index is 546. The van der Waals surface area contributed by atoms with Gasteiger partial charge in [-0.1, -0.05) is 90.4 Å². The summed E-state index contributed by atoms with van der Waals surface area (Å²) in [6, 6.07) is 0. The number of aliphatic hydroxyl groups excluding tert-OH is 4. The van der Waals surface area contributed by atoms with Crippen LogP contribution in [0.3, 0.4) is 0 Å². The molecule has 0 amide bonds. The normalized spacial score (nSPS) is 26.9. The van der Waals surface area contributed by atoms with Crippen LogP contribution in [0.5, 0.6) is 0 Å². The van der Waals surface area contributed by atoms with Crippen molar-refractivity contribution in [2.75, 3.05) is 12.3 Å². The van der Waals surface area contributed by atoms with Gasteiger partial charge in [-0.2, -0.15) is 0 Å². The van der Waals surface area contributed by atoms with Gasteiger partial charge in [0.15, 0.2) is 6.29 Å². The van der Waals surface area contributed by atoms with E-state index in [0.717, 1.165) is 19.3 Å². The van der Waals surface area contributed by atoms with Crippen molar-refractivity contribution in [1.29, 1.82) is 0 Å². The van der Waals surface area contributed by atoms with E-state index < -0.39 is 40.7 Å². The molecule has 1 rings (SSSR count). The number of nitrogens with one attached hydrogen (secondary N) is 1. The van der Waals surface area contributed by atoms with Crippen LogP contribution in [0.25, 0.3) is 0 Å². The Morgan fingerprint density at radius 3 is 1.61 bits per heavy atom. The van der Waals surface area contributed by atoms with Gasteiger partial charge in [-0.3, -0.25) is 0 Å². The number of unbranched alkanes of at least 4 members (excludes halogenated alkanes) is 13. The van der Waals surface area contributed by atoms with E-state index in [4.69, 9.17) is 4.74 Å². The fourth-order valence-corrected chi connectivity index (χ4v) is 5.01.